The first kappa shape index (κ1) is 25.4. The van der Waals surface area contributed by atoms with Crippen molar-refractivity contribution in [3.05, 3.63) is 69.2 Å². The van der Waals surface area contributed by atoms with Gasteiger partial charge in [-0.1, -0.05) is 42.8 Å². The first-order valence-corrected chi connectivity index (χ1v) is 11.3. The molecule has 1 fully saturated rings. The number of halogens is 4. The third kappa shape index (κ3) is 4.97. The number of benzene rings is 2. The zero-order valence-corrected chi connectivity index (χ0v) is 19.1. The van der Waals surface area contributed by atoms with Gasteiger partial charge in [0.15, 0.2) is 0 Å². The molecule has 34 heavy (non-hydrogen) atoms. The van der Waals surface area contributed by atoms with Crippen molar-refractivity contribution in [3.63, 3.8) is 0 Å². The Hall–Kier alpha value is -1.72. The lowest BCUT2D eigenvalue weighted by atomic mass is 9.86. The Morgan fingerprint density at radius 1 is 1.09 bits per heavy atom. The van der Waals surface area contributed by atoms with Gasteiger partial charge in [-0.05, 0) is 47.2 Å². The van der Waals surface area contributed by atoms with Crippen LogP contribution >= 0.6 is 11.6 Å². The maximum atomic E-state index is 12.5. The van der Waals surface area contributed by atoms with Gasteiger partial charge in [-0.15, -0.1) is 0 Å². The highest BCUT2D eigenvalue weighted by Crippen LogP contribution is 2.47. The molecule has 6 nitrogen and oxygen atoms in total. The van der Waals surface area contributed by atoms with Gasteiger partial charge in [0.2, 0.25) is 5.79 Å². The van der Waals surface area contributed by atoms with Crippen molar-refractivity contribution in [2.75, 3.05) is 13.2 Å². The molecular weight excluding hydrogens is 477 g/mol. The molecule has 2 heterocycles. The van der Waals surface area contributed by atoms with E-state index in [0.29, 0.717) is 22.6 Å². The molecule has 3 N–H and O–H groups in total. The van der Waals surface area contributed by atoms with Crippen LogP contribution in [-0.4, -0.2) is 59.1 Å². The molecule has 1 spiro atoms. The summed E-state index contributed by atoms with van der Waals surface area (Å²) in [5.41, 5.74) is 3.92. The minimum atomic E-state index is -4.56. The molecule has 0 radical (unpaired) electrons. The zero-order valence-electron chi connectivity index (χ0n) is 18.4. The number of rotatable bonds is 6. The smallest absolute Gasteiger partial charge is 0.387 e. The number of hydrogen-bond acceptors (Lipinski definition) is 6. The van der Waals surface area contributed by atoms with Crippen LogP contribution in [0, 0.1) is 0 Å². The van der Waals surface area contributed by atoms with Gasteiger partial charge in [-0.3, -0.25) is 0 Å². The SMILES string of the molecule is CCc1ccc(Cc2cc3c(cc2Cl)CO[C@]32O[C@H](COCC(F)(F)F)[C@@H](O)[C@H](O)[C@H]2O)cc1. The van der Waals surface area contributed by atoms with Gasteiger partial charge in [0.25, 0.3) is 0 Å². The second-order valence-corrected chi connectivity index (χ2v) is 9.02. The quantitative estimate of drug-likeness (QED) is 0.562. The van der Waals surface area contributed by atoms with Crippen LogP contribution in [0.1, 0.15) is 34.7 Å². The van der Waals surface area contributed by atoms with Crippen molar-refractivity contribution >= 4 is 11.6 Å². The highest BCUT2D eigenvalue weighted by Gasteiger charge is 2.58. The van der Waals surface area contributed by atoms with Gasteiger partial charge in [0.1, 0.15) is 31.0 Å². The fourth-order valence-electron chi connectivity index (χ4n) is 4.38. The molecule has 0 saturated carbocycles. The molecule has 1 saturated heterocycles. The third-order valence-corrected chi connectivity index (χ3v) is 6.59. The molecule has 0 amide bonds. The third-order valence-electron chi connectivity index (χ3n) is 6.23. The lowest BCUT2D eigenvalue weighted by molar-refractivity contribution is -0.370. The summed E-state index contributed by atoms with van der Waals surface area (Å²) in [6.45, 7) is -0.140. The summed E-state index contributed by atoms with van der Waals surface area (Å²) in [6, 6.07) is 11.4. The molecule has 2 aromatic carbocycles. The van der Waals surface area contributed by atoms with Gasteiger partial charge >= 0.3 is 6.18 Å². The lowest BCUT2D eigenvalue weighted by Crippen LogP contribution is -2.63. The first-order chi connectivity index (χ1) is 16.0. The molecular formula is C24H26ClF3O6. The van der Waals surface area contributed by atoms with Crippen molar-refractivity contribution in [1.82, 2.24) is 0 Å². The van der Waals surface area contributed by atoms with Crippen LogP contribution in [0.3, 0.4) is 0 Å². The summed E-state index contributed by atoms with van der Waals surface area (Å²) < 4.78 is 53.7. The summed E-state index contributed by atoms with van der Waals surface area (Å²) in [7, 11) is 0. The largest absolute Gasteiger partial charge is 0.411 e. The Morgan fingerprint density at radius 3 is 2.41 bits per heavy atom. The minimum Gasteiger partial charge on any atom is -0.387 e. The average molecular weight is 503 g/mol. The van der Waals surface area contributed by atoms with Crippen molar-refractivity contribution in [2.45, 2.75) is 62.8 Å². The van der Waals surface area contributed by atoms with E-state index in [4.69, 9.17) is 21.1 Å². The van der Waals surface area contributed by atoms with Crippen LogP contribution in [0.5, 0.6) is 0 Å². The minimum absolute atomic E-state index is 0.00344. The molecule has 2 aromatic rings. The van der Waals surface area contributed by atoms with Gasteiger partial charge in [-0.25, -0.2) is 0 Å². The molecule has 2 aliphatic heterocycles. The Bertz CT molecular complexity index is 1020. The normalized spacial score (nSPS) is 28.9. The number of alkyl halides is 3. The van der Waals surface area contributed by atoms with E-state index in [-0.39, 0.29) is 6.61 Å². The summed E-state index contributed by atoms with van der Waals surface area (Å²) in [6.07, 6.45) is -9.65. The first-order valence-electron chi connectivity index (χ1n) is 10.9. The zero-order chi connectivity index (χ0) is 24.7. The molecule has 4 rings (SSSR count). The van der Waals surface area contributed by atoms with E-state index in [9.17, 15) is 28.5 Å². The number of hydrogen-bond donors (Lipinski definition) is 3. The molecule has 186 valence electrons. The molecule has 0 aliphatic carbocycles. The molecule has 0 aromatic heterocycles. The Balaban J connectivity index is 1.62. The topological polar surface area (TPSA) is 88.4 Å². The van der Waals surface area contributed by atoms with Crippen LogP contribution in [0.25, 0.3) is 0 Å². The monoisotopic (exact) mass is 502 g/mol. The second-order valence-electron chi connectivity index (χ2n) is 8.62. The van der Waals surface area contributed by atoms with E-state index in [2.05, 4.69) is 11.7 Å². The number of fused-ring (bicyclic) bond motifs is 2. The number of aryl methyl sites for hydroxylation is 1. The van der Waals surface area contributed by atoms with Crippen molar-refractivity contribution < 1.29 is 42.7 Å². The molecule has 2 aliphatic rings. The Labute approximate surface area is 199 Å². The van der Waals surface area contributed by atoms with Crippen LogP contribution in [0.4, 0.5) is 13.2 Å². The van der Waals surface area contributed by atoms with Gasteiger partial charge in [-0.2, -0.15) is 13.2 Å². The van der Waals surface area contributed by atoms with E-state index in [1.165, 1.54) is 5.56 Å². The molecule has 5 atom stereocenters. The maximum absolute atomic E-state index is 12.5. The Kier molecular flexibility index (Phi) is 7.26. The molecule has 0 bridgehead atoms. The van der Waals surface area contributed by atoms with E-state index in [1.54, 1.807) is 12.1 Å². The van der Waals surface area contributed by atoms with Crippen molar-refractivity contribution in [1.29, 1.82) is 0 Å². The highest BCUT2D eigenvalue weighted by molar-refractivity contribution is 6.31. The second kappa shape index (κ2) is 9.73. The average Bonchev–Trinajstić information content (AvgIpc) is 3.13. The predicted molar refractivity (Wildman–Crippen MR) is 116 cm³/mol. The summed E-state index contributed by atoms with van der Waals surface area (Å²) in [4.78, 5) is 0. The van der Waals surface area contributed by atoms with E-state index < -0.39 is 49.6 Å². The van der Waals surface area contributed by atoms with E-state index in [0.717, 1.165) is 17.5 Å². The number of aliphatic hydroxyl groups is 3. The lowest BCUT2D eigenvalue weighted by Gasteiger charge is -2.46. The number of ether oxygens (including phenoxy) is 3. The van der Waals surface area contributed by atoms with Crippen LogP contribution in [-0.2, 0) is 39.4 Å². The van der Waals surface area contributed by atoms with E-state index >= 15 is 0 Å². The molecule has 10 heteroatoms. The highest BCUT2D eigenvalue weighted by atomic mass is 35.5. The van der Waals surface area contributed by atoms with Crippen LogP contribution < -0.4 is 0 Å². The van der Waals surface area contributed by atoms with Gasteiger partial charge in [0, 0.05) is 10.6 Å². The predicted octanol–water partition coefficient (Wildman–Crippen LogP) is 3.24. The van der Waals surface area contributed by atoms with Crippen LogP contribution in [0.15, 0.2) is 36.4 Å². The van der Waals surface area contributed by atoms with Crippen molar-refractivity contribution in [3.8, 4) is 0 Å². The van der Waals surface area contributed by atoms with Crippen molar-refractivity contribution in [2.24, 2.45) is 0 Å². The summed E-state index contributed by atoms with van der Waals surface area (Å²) in [5, 5.41) is 32.1. The van der Waals surface area contributed by atoms with E-state index in [1.807, 2.05) is 24.3 Å². The fourth-order valence-corrected chi connectivity index (χ4v) is 4.63. The number of aliphatic hydroxyl groups excluding tert-OH is 3. The summed E-state index contributed by atoms with van der Waals surface area (Å²) >= 11 is 6.50. The van der Waals surface area contributed by atoms with Gasteiger partial charge < -0.3 is 29.5 Å². The fraction of sp³-hybridized carbons (Fsp3) is 0.500. The maximum Gasteiger partial charge on any atom is 0.411 e. The Morgan fingerprint density at radius 2 is 1.76 bits per heavy atom. The van der Waals surface area contributed by atoms with Crippen LogP contribution in [0.2, 0.25) is 5.02 Å². The van der Waals surface area contributed by atoms with Gasteiger partial charge in [0.05, 0.1) is 13.2 Å². The molecule has 0 unspecified atom stereocenters. The standard InChI is InChI=1S/C24H26ClF3O6/c1-2-13-3-5-14(6-4-13)7-15-8-17-16(9-18(15)25)10-33-24(17)22(31)21(30)20(29)19(34-24)11-32-12-23(26,27)28/h3-6,8-9,19-22,29-31H,2,7,10-12H2,1H3/t19-,20-,21+,22-,24+/m1/s1. The summed E-state index contributed by atoms with van der Waals surface area (Å²) in [5.74, 6) is -1.88.